The highest BCUT2D eigenvalue weighted by molar-refractivity contribution is 4.90. The lowest BCUT2D eigenvalue weighted by atomic mass is 9.61. The van der Waals surface area contributed by atoms with Crippen LogP contribution in [-0.2, 0) is 0 Å². The van der Waals surface area contributed by atoms with E-state index in [1.807, 2.05) is 0 Å². The fourth-order valence-electron chi connectivity index (χ4n) is 17.4. The Morgan fingerprint density at radius 1 is 0.200 bits per heavy atom. The minimum atomic E-state index is 0.774. The van der Waals surface area contributed by atoms with Crippen LogP contribution in [0.2, 0.25) is 0 Å². The molecular weight excluding hydrogens is 721 g/mol. The molecule has 0 aromatic heterocycles. The van der Waals surface area contributed by atoms with Gasteiger partial charge in [0.2, 0.25) is 0 Å². The van der Waals surface area contributed by atoms with Crippen LogP contribution < -0.4 is 0 Å². The second kappa shape index (κ2) is 24.5. The molecule has 0 nitrogen and oxygen atoms in total. The van der Waals surface area contributed by atoms with Crippen molar-refractivity contribution in [2.45, 2.75) is 296 Å². The minimum absolute atomic E-state index is 0.774. The molecule has 0 radical (unpaired) electrons. The highest BCUT2D eigenvalue weighted by Crippen LogP contribution is 2.51. The van der Waals surface area contributed by atoms with E-state index in [9.17, 15) is 0 Å². The maximum atomic E-state index is 2.54. The monoisotopic (exact) mass is 827 g/mol. The van der Waals surface area contributed by atoms with Gasteiger partial charge in [0.05, 0.1) is 0 Å². The second-order valence-corrected chi connectivity index (χ2v) is 25.5. The summed E-state index contributed by atoms with van der Waals surface area (Å²) in [6.45, 7) is 2.54. The zero-order valence-electron chi connectivity index (χ0n) is 40.8. The van der Waals surface area contributed by atoms with Crippen LogP contribution in [0.1, 0.15) is 296 Å². The topological polar surface area (TPSA) is 0 Å². The first kappa shape index (κ1) is 46.5. The van der Waals surface area contributed by atoms with Crippen molar-refractivity contribution >= 4 is 0 Å². The normalized spacial score (nSPS) is 44.6. The third-order valence-corrected chi connectivity index (χ3v) is 21.9. The van der Waals surface area contributed by atoms with Crippen LogP contribution >= 0.6 is 0 Å². The molecule has 0 aliphatic heterocycles. The molecule has 0 saturated heterocycles. The maximum absolute atomic E-state index is 2.54. The molecule has 8 atom stereocenters. The first-order chi connectivity index (χ1) is 29.6. The molecule has 14 aliphatic carbocycles. The second-order valence-electron chi connectivity index (χ2n) is 25.5. The van der Waals surface area contributed by atoms with Gasteiger partial charge in [-0.3, -0.25) is 0 Å². The van der Waals surface area contributed by atoms with Crippen LogP contribution in [0.3, 0.4) is 0 Å². The lowest BCUT2D eigenvalue weighted by Crippen LogP contribution is -2.33. The standard InChI is InChI=1S/C11H20.C10H18.C9H16.2C8H14.2C7H12/c1-11-8-4-2-6-10(11)7-3-5-9-11;1-2-6-10-8-4-3-7-9(10)5-1;1-2-5-9-7-3-6-8(9)4-1;1-3-7-5-2-6-8(7)4-1;1-2-4-8-6-5-7(8)3-1;1-2-6-4-5-7(6)3-1;1-2-4-7-5-6(7)3-1/h10H,2-9H2,1H3;9-10H,1-8H2;8-9H,1-7H2;2*7-8H,1-6H2;2*6-7H,1-5H2/t;;8-,9+;;7-,8+;2*6-,7+. The van der Waals surface area contributed by atoms with E-state index in [2.05, 4.69) is 6.92 Å². The smallest absolute Gasteiger partial charge is 0.0298 e. The van der Waals surface area contributed by atoms with Crippen LogP contribution in [0.15, 0.2) is 0 Å². The largest absolute Gasteiger partial charge is 0.0594 e. The summed E-state index contributed by atoms with van der Waals surface area (Å²) in [4.78, 5) is 0. The molecule has 0 amide bonds. The van der Waals surface area contributed by atoms with Crippen molar-refractivity contribution in [3.05, 3.63) is 0 Å². The van der Waals surface area contributed by atoms with Crippen molar-refractivity contribution in [2.24, 2.45) is 82.3 Å². The molecule has 346 valence electrons. The molecule has 0 aromatic rings. The molecule has 0 aromatic carbocycles. The summed E-state index contributed by atoms with van der Waals surface area (Å²) in [5.41, 5.74) is 0.774. The van der Waals surface area contributed by atoms with Crippen molar-refractivity contribution in [1.82, 2.24) is 0 Å². The van der Waals surface area contributed by atoms with Gasteiger partial charge >= 0.3 is 0 Å². The lowest BCUT2D eigenvalue weighted by Gasteiger charge is -2.45. The summed E-state index contributed by atoms with van der Waals surface area (Å²) < 4.78 is 0. The lowest BCUT2D eigenvalue weighted by molar-refractivity contribution is 0.0647. The Kier molecular flexibility index (Phi) is 19.0. The summed E-state index contributed by atoms with van der Waals surface area (Å²) in [6, 6.07) is 0. The number of rotatable bonds is 0. The first-order valence-electron chi connectivity index (χ1n) is 29.6. The third-order valence-electron chi connectivity index (χ3n) is 21.9. The Bertz CT molecular complexity index is 1060. The van der Waals surface area contributed by atoms with Gasteiger partial charge < -0.3 is 0 Å². The third kappa shape index (κ3) is 13.8. The molecule has 0 heteroatoms. The van der Waals surface area contributed by atoms with Gasteiger partial charge in [-0.05, 0) is 140 Å². The van der Waals surface area contributed by atoms with Gasteiger partial charge in [-0.1, -0.05) is 238 Å². The van der Waals surface area contributed by atoms with Gasteiger partial charge in [0.1, 0.15) is 0 Å². The quantitative estimate of drug-likeness (QED) is 0.228. The van der Waals surface area contributed by atoms with Crippen LogP contribution in [0.4, 0.5) is 0 Å². The predicted molar refractivity (Wildman–Crippen MR) is 261 cm³/mol. The van der Waals surface area contributed by atoms with E-state index in [0.717, 1.165) is 23.2 Å². The van der Waals surface area contributed by atoms with Gasteiger partial charge in [-0.25, -0.2) is 0 Å². The Labute approximate surface area is 376 Å². The fraction of sp³-hybridized carbons (Fsp3) is 1.00. The SMILES string of the molecule is C1CC2CCCC2C1.C1CCC2CCCCC2C1.C1CC[C@H]2CCC[C@H]2C1.C1CC[C@H]2CC[C@H]2C1.C1CC[C@H]2C[C@H]2C1.C1C[C@@H]2CC[C@@H]2C1.CC12CCCCC1CCCC2. The Balaban J connectivity index is 0.0000000974. The summed E-state index contributed by atoms with van der Waals surface area (Å²) in [6.07, 6.45) is 69.5. The Morgan fingerprint density at radius 3 is 0.617 bits per heavy atom. The van der Waals surface area contributed by atoms with Crippen LogP contribution in [0, 0.1) is 82.3 Å². The zero-order valence-corrected chi connectivity index (χ0v) is 40.8. The Hall–Kier alpha value is 0. The van der Waals surface area contributed by atoms with Gasteiger partial charge in [0.15, 0.2) is 0 Å². The molecule has 0 N–H and O–H groups in total. The zero-order chi connectivity index (χ0) is 40.8. The van der Waals surface area contributed by atoms with Crippen molar-refractivity contribution in [1.29, 1.82) is 0 Å². The van der Waals surface area contributed by atoms with Crippen molar-refractivity contribution in [3.63, 3.8) is 0 Å². The molecule has 14 saturated carbocycles. The Morgan fingerprint density at radius 2 is 0.400 bits per heavy atom. The van der Waals surface area contributed by atoms with Crippen molar-refractivity contribution in [2.75, 3.05) is 0 Å². The maximum Gasteiger partial charge on any atom is -0.0298 e. The van der Waals surface area contributed by atoms with Crippen LogP contribution in [-0.4, -0.2) is 0 Å². The number of hydrogen-bond acceptors (Lipinski definition) is 0. The summed E-state index contributed by atoms with van der Waals surface area (Å²) in [7, 11) is 0. The fourth-order valence-corrected chi connectivity index (χ4v) is 17.4. The molecular formula is C60H106. The summed E-state index contributed by atoms with van der Waals surface area (Å²) in [5.74, 6) is 15.3. The van der Waals surface area contributed by atoms with E-state index in [0.29, 0.717) is 0 Å². The van der Waals surface area contributed by atoms with E-state index in [1.165, 1.54) is 200 Å². The van der Waals surface area contributed by atoms with E-state index in [1.54, 1.807) is 148 Å². The molecule has 14 fully saturated rings. The molecule has 14 aliphatic rings. The summed E-state index contributed by atoms with van der Waals surface area (Å²) >= 11 is 0. The van der Waals surface area contributed by atoms with Gasteiger partial charge in [-0.2, -0.15) is 0 Å². The highest BCUT2D eigenvalue weighted by atomic mass is 14.4. The molecule has 0 unspecified atom stereocenters. The van der Waals surface area contributed by atoms with Crippen LogP contribution in [0.25, 0.3) is 0 Å². The molecule has 0 bridgehead atoms. The molecule has 14 rings (SSSR count). The van der Waals surface area contributed by atoms with Crippen molar-refractivity contribution in [3.8, 4) is 0 Å². The van der Waals surface area contributed by atoms with E-state index < -0.39 is 0 Å². The van der Waals surface area contributed by atoms with Gasteiger partial charge in [0.25, 0.3) is 0 Å². The average Bonchev–Trinajstić information content (AvgIpc) is 3.66. The number of hydrogen-bond donors (Lipinski definition) is 0. The average molecular weight is 828 g/mol. The van der Waals surface area contributed by atoms with E-state index in [-0.39, 0.29) is 0 Å². The molecule has 0 spiro atoms. The van der Waals surface area contributed by atoms with Crippen molar-refractivity contribution < 1.29 is 0 Å². The molecule has 60 heavy (non-hydrogen) atoms. The van der Waals surface area contributed by atoms with Crippen LogP contribution in [0.5, 0.6) is 0 Å². The minimum Gasteiger partial charge on any atom is -0.0594 e. The first-order valence-corrected chi connectivity index (χ1v) is 29.6. The highest BCUT2D eigenvalue weighted by Gasteiger charge is 2.39. The van der Waals surface area contributed by atoms with Gasteiger partial charge in [0, 0.05) is 0 Å². The van der Waals surface area contributed by atoms with E-state index >= 15 is 0 Å². The predicted octanol–water partition coefficient (Wildman–Crippen LogP) is 19.7. The summed E-state index contributed by atoms with van der Waals surface area (Å²) in [5, 5.41) is 0. The van der Waals surface area contributed by atoms with E-state index in [4.69, 9.17) is 0 Å². The number of fused-ring (bicyclic) bond motifs is 7. The van der Waals surface area contributed by atoms with Gasteiger partial charge in [-0.15, -0.1) is 0 Å². The molecule has 0 heterocycles.